The number of benzene rings is 2. The number of anilines is 1. The Morgan fingerprint density at radius 2 is 1.57 bits per heavy atom. The highest BCUT2D eigenvalue weighted by Gasteiger charge is 2.37. The van der Waals surface area contributed by atoms with E-state index in [2.05, 4.69) is 10.1 Å². The summed E-state index contributed by atoms with van der Waals surface area (Å²) in [6.45, 7) is 0.696. The van der Waals surface area contributed by atoms with Crippen molar-refractivity contribution in [1.29, 1.82) is 0 Å². The van der Waals surface area contributed by atoms with Gasteiger partial charge < -0.3 is 14.8 Å². The molecule has 2 aromatic carbocycles. The normalized spacial score (nSPS) is 12.7. The lowest BCUT2D eigenvalue weighted by Crippen LogP contribution is -2.29. The number of esters is 1. The van der Waals surface area contributed by atoms with Crippen molar-refractivity contribution in [2.75, 3.05) is 32.3 Å². The van der Waals surface area contributed by atoms with Crippen LogP contribution in [-0.4, -0.2) is 51.1 Å². The largest absolute Gasteiger partial charge is 0.465 e. The molecule has 0 bridgehead atoms. The van der Waals surface area contributed by atoms with E-state index in [0.717, 1.165) is 4.90 Å². The number of fused-ring (bicyclic) bond motifs is 1. The van der Waals surface area contributed by atoms with Crippen LogP contribution in [0.4, 0.5) is 5.69 Å². The topological polar surface area (TPSA) is 102 Å². The lowest BCUT2D eigenvalue weighted by molar-refractivity contribution is 0.0600. The molecule has 1 N–H and O–H groups in total. The lowest BCUT2D eigenvalue weighted by atomic mass is 10.1. The molecule has 2 aromatic rings. The van der Waals surface area contributed by atoms with Gasteiger partial charge in [0.05, 0.1) is 36.1 Å². The maximum atomic E-state index is 12.8. The van der Waals surface area contributed by atoms with Gasteiger partial charge in [0.15, 0.2) is 0 Å². The molecule has 1 aliphatic rings. The molecule has 0 unspecified atom stereocenters. The first-order valence-electron chi connectivity index (χ1n) is 8.46. The third-order valence-electron chi connectivity index (χ3n) is 4.29. The second-order valence-corrected chi connectivity index (χ2v) is 5.99. The van der Waals surface area contributed by atoms with Crippen molar-refractivity contribution < 1.29 is 28.7 Å². The molecule has 0 aliphatic carbocycles. The Balaban J connectivity index is 1.85. The van der Waals surface area contributed by atoms with E-state index in [1.165, 1.54) is 56.7 Å². The third-order valence-corrected chi connectivity index (χ3v) is 4.29. The van der Waals surface area contributed by atoms with Crippen molar-refractivity contribution in [3.05, 3.63) is 64.7 Å². The molecule has 3 rings (SSSR count). The van der Waals surface area contributed by atoms with Crippen molar-refractivity contribution in [2.45, 2.75) is 0 Å². The fourth-order valence-corrected chi connectivity index (χ4v) is 2.85. The Bertz CT molecular complexity index is 952. The van der Waals surface area contributed by atoms with Gasteiger partial charge in [0.25, 0.3) is 17.7 Å². The zero-order chi connectivity index (χ0) is 20.3. The molecule has 3 amide bonds. The van der Waals surface area contributed by atoms with Gasteiger partial charge in [-0.1, -0.05) is 0 Å². The number of methoxy groups -OCH3 is 2. The number of carbonyl (C=O) groups excluding carboxylic acids is 4. The van der Waals surface area contributed by atoms with Crippen molar-refractivity contribution in [3.8, 4) is 0 Å². The van der Waals surface area contributed by atoms with Gasteiger partial charge in [0.2, 0.25) is 0 Å². The zero-order valence-electron chi connectivity index (χ0n) is 15.4. The minimum absolute atomic E-state index is 0.154. The molecule has 1 aliphatic heterocycles. The van der Waals surface area contributed by atoms with E-state index in [0.29, 0.717) is 24.4 Å². The minimum atomic E-state index is -0.530. The first kappa shape index (κ1) is 19.2. The number of amides is 3. The highest BCUT2D eigenvalue weighted by Crippen LogP contribution is 2.29. The predicted octanol–water partition coefficient (Wildman–Crippen LogP) is 1.65. The molecule has 0 radical (unpaired) electrons. The van der Waals surface area contributed by atoms with Crippen LogP contribution in [0, 0.1) is 0 Å². The van der Waals surface area contributed by atoms with Gasteiger partial charge in [-0.3, -0.25) is 14.4 Å². The quantitative estimate of drug-likeness (QED) is 0.463. The molecule has 1 heterocycles. The number of rotatable bonds is 6. The summed E-state index contributed by atoms with van der Waals surface area (Å²) in [6, 6.07) is 10.3. The molecule has 0 saturated heterocycles. The molecule has 28 heavy (non-hydrogen) atoms. The van der Waals surface area contributed by atoms with Crippen LogP contribution in [-0.2, 0) is 9.47 Å². The second-order valence-electron chi connectivity index (χ2n) is 5.99. The Morgan fingerprint density at radius 3 is 2.21 bits per heavy atom. The second kappa shape index (κ2) is 8.01. The molecule has 8 heteroatoms. The third kappa shape index (κ3) is 3.49. The Labute approximate surface area is 161 Å². The fourth-order valence-electron chi connectivity index (χ4n) is 2.85. The van der Waals surface area contributed by atoms with Gasteiger partial charge in [-0.15, -0.1) is 0 Å². The van der Waals surface area contributed by atoms with Crippen molar-refractivity contribution in [2.24, 2.45) is 0 Å². The summed E-state index contributed by atoms with van der Waals surface area (Å²) in [5, 5.41) is 2.66. The number of carbonyl (C=O) groups is 4. The molecule has 0 atom stereocenters. The Morgan fingerprint density at radius 1 is 0.929 bits per heavy atom. The molecule has 8 nitrogen and oxygen atoms in total. The summed E-state index contributed by atoms with van der Waals surface area (Å²) in [5.41, 5.74) is 1.28. The van der Waals surface area contributed by atoms with Crippen LogP contribution >= 0.6 is 0 Å². The average molecular weight is 382 g/mol. The molecule has 0 saturated carbocycles. The first-order chi connectivity index (χ1) is 13.5. The molecule has 0 spiro atoms. The van der Waals surface area contributed by atoms with Gasteiger partial charge in [0.1, 0.15) is 0 Å². The van der Waals surface area contributed by atoms with E-state index in [4.69, 9.17) is 4.74 Å². The SMILES string of the molecule is COCCNC(=O)c1ccc2c(c1)C(=O)N(c1ccc(C(=O)OC)cc1)C2=O. The molecule has 0 aromatic heterocycles. The van der Waals surface area contributed by atoms with Crippen LogP contribution < -0.4 is 10.2 Å². The highest BCUT2D eigenvalue weighted by molar-refractivity contribution is 6.34. The summed E-state index contributed by atoms with van der Waals surface area (Å²) >= 11 is 0. The number of ether oxygens (including phenoxy) is 2. The number of nitrogens with one attached hydrogen (secondary N) is 1. The maximum absolute atomic E-state index is 12.8. The minimum Gasteiger partial charge on any atom is -0.465 e. The van der Waals surface area contributed by atoms with Crippen molar-refractivity contribution >= 4 is 29.4 Å². The van der Waals surface area contributed by atoms with E-state index in [-0.39, 0.29) is 22.6 Å². The lowest BCUT2D eigenvalue weighted by Gasteiger charge is -2.14. The van der Waals surface area contributed by atoms with Crippen LogP contribution in [0.15, 0.2) is 42.5 Å². The smallest absolute Gasteiger partial charge is 0.337 e. The summed E-state index contributed by atoms with van der Waals surface area (Å²) < 4.78 is 9.51. The van der Waals surface area contributed by atoms with Crippen LogP contribution in [0.1, 0.15) is 41.4 Å². The number of imide groups is 1. The Kier molecular flexibility index (Phi) is 5.51. The zero-order valence-corrected chi connectivity index (χ0v) is 15.4. The van der Waals surface area contributed by atoms with E-state index < -0.39 is 17.8 Å². The monoisotopic (exact) mass is 382 g/mol. The first-order valence-corrected chi connectivity index (χ1v) is 8.46. The summed E-state index contributed by atoms with van der Waals surface area (Å²) in [6.07, 6.45) is 0. The van der Waals surface area contributed by atoms with E-state index in [1.807, 2.05) is 0 Å². The predicted molar refractivity (Wildman–Crippen MR) is 99.6 cm³/mol. The van der Waals surface area contributed by atoms with E-state index in [1.54, 1.807) is 0 Å². The van der Waals surface area contributed by atoms with Crippen LogP contribution in [0.25, 0.3) is 0 Å². The average Bonchev–Trinajstić information content (AvgIpc) is 2.97. The van der Waals surface area contributed by atoms with Crippen molar-refractivity contribution in [3.63, 3.8) is 0 Å². The van der Waals surface area contributed by atoms with E-state index >= 15 is 0 Å². The standard InChI is InChI=1S/C20H18N2O6/c1-27-10-9-21-17(23)13-5-8-15-16(11-13)19(25)22(18(15)24)14-6-3-12(4-7-14)20(26)28-2/h3-8,11H,9-10H2,1-2H3,(H,21,23). The van der Waals surface area contributed by atoms with Crippen LogP contribution in [0.2, 0.25) is 0 Å². The fraction of sp³-hybridized carbons (Fsp3) is 0.200. The molecule has 0 fully saturated rings. The highest BCUT2D eigenvalue weighted by atomic mass is 16.5. The van der Waals surface area contributed by atoms with Gasteiger partial charge in [-0.25, -0.2) is 9.69 Å². The number of hydrogen-bond acceptors (Lipinski definition) is 6. The van der Waals surface area contributed by atoms with Crippen LogP contribution in [0.5, 0.6) is 0 Å². The number of hydrogen-bond donors (Lipinski definition) is 1. The summed E-state index contributed by atoms with van der Waals surface area (Å²) in [5.74, 6) is -1.89. The van der Waals surface area contributed by atoms with Crippen molar-refractivity contribution in [1.82, 2.24) is 5.32 Å². The van der Waals surface area contributed by atoms with E-state index in [9.17, 15) is 19.2 Å². The van der Waals surface area contributed by atoms with Gasteiger partial charge in [-0.05, 0) is 42.5 Å². The van der Waals surface area contributed by atoms with Crippen LogP contribution in [0.3, 0.4) is 0 Å². The molecular formula is C20H18N2O6. The summed E-state index contributed by atoms with van der Waals surface area (Å²) in [7, 11) is 2.79. The number of nitrogens with zero attached hydrogens (tertiary/aromatic N) is 1. The summed E-state index contributed by atoms with van der Waals surface area (Å²) in [4.78, 5) is 50.2. The van der Waals surface area contributed by atoms with Gasteiger partial charge >= 0.3 is 5.97 Å². The molecular weight excluding hydrogens is 364 g/mol. The maximum Gasteiger partial charge on any atom is 0.337 e. The van der Waals surface area contributed by atoms with Gasteiger partial charge in [-0.2, -0.15) is 0 Å². The Hall–Kier alpha value is -3.52. The van der Waals surface area contributed by atoms with Gasteiger partial charge in [0, 0.05) is 19.2 Å². The molecule has 144 valence electrons.